The lowest BCUT2D eigenvalue weighted by atomic mass is 10.2. The second-order valence-electron chi connectivity index (χ2n) is 7.45. The van der Waals surface area contributed by atoms with Crippen LogP contribution in [0.1, 0.15) is 49.9 Å². The zero-order valence-electron chi connectivity index (χ0n) is 17.7. The smallest absolute Gasteiger partial charge is 0.194 e. The molecule has 0 fully saturated rings. The number of nitrogens with one attached hydrogen (secondary N) is 1. The van der Waals surface area contributed by atoms with Crippen LogP contribution in [0.2, 0.25) is 5.02 Å². The molecule has 2 aromatic heterocycles. The lowest BCUT2D eigenvalue weighted by Crippen LogP contribution is -2.38. The summed E-state index contributed by atoms with van der Waals surface area (Å²) in [5, 5.41) is 13.0. The first-order chi connectivity index (χ1) is 13.6. The standard InChI is InChI=1S/C20H32ClN7.HI/c1-4-22-20(27(3)15-17-13-16(21)14-26(17)2)23-11-8-10-19-25-24-18-9-6-5-7-12-28(18)19;/h13-14H,4-12,15H2,1-3H3,(H,22,23);1H. The summed E-state index contributed by atoms with van der Waals surface area (Å²) in [6.07, 6.45) is 8.63. The summed E-state index contributed by atoms with van der Waals surface area (Å²) in [5.74, 6) is 3.19. The topological polar surface area (TPSA) is 63.3 Å². The van der Waals surface area contributed by atoms with Crippen LogP contribution in [-0.2, 0) is 33.0 Å². The van der Waals surface area contributed by atoms with Crippen molar-refractivity contribution in [2.45, 2.75) is 58.5 Å². The first kappa shape index (κ1) is 24.0. The van der Waals surface area contributed by atoms with Crippen LogP contribution in [0.4, 0.5) is 0 Å². The van der Waals surface area contributed by atoms with Gasteiger partial charge in [-0.2, -0.15) is 0 Å². The number of fused-ring (bicyclic) bond motifs is 1. The number of hydrogen-bond donors (Lipinski definition) is 1. The van der Waals surface area contributed by atoms with Crippen LogP contribution in [0.25, 0.3) is 0 Å². The van der Waals surface area contributed by atoms with E-state index in [0.29, 0.717) is 0 Å². The molecule has 0 aromatic carbocycles. The second-order valence-corrected chi connectivity index (χ2v) is 7.89. The number of rotatable bonds is 7. The number of hydrogen-bond acceptors (Lipinski definition) is 3. The molecule has 0 spiro atoms. The summed E-state index contributed by atoms with van der Waals surface area (Å²) in [7, 11) is 4.07. The van der Waals surface area contributed by atoms with Crippen molar-refractivity contribution < 1.29 is 0 Å². The molecular formula is C20H33ClIN7. The number of guanidine groups is 1. The van der Waals surface area contributed by atoms with Gasteiger partial charge in [-0.05, 0) is 32.3 Å². The summed E-state index contributed by atoms with van der Waals surface area (Å²) in [6, 6.07) is 2.00. The molecule has 29 heavy (non-hydrogen) atoms. The van der Waals surface area contributed by atoms with Crippen LogP contribution in [0.15, 0.2) is 17.3 Å². The van der Waals surface area contributed by atoms with Gasteiger partial charge in [0, 0.05) is 58.5 Å². The molecule has 3 rings (SSSR count). The molecule has 0 atom stereocenters. The first-order valence-corrected chi connectivity index (χ1v) is 10.7. The molecule has 3 heterocycles. The Balaban J connectivity index is 0.00000300. The van der Waals surface area contributed by atoms with Crippen molar-refractivity contribution >= 4 is 41.5 Å². The Hall–Kier alpha value is -1.29. The molecule has 1 aliphatic heterocycles. The molecule has 9 heteroatoms. The third kappa shape index (κ3) is 6.60. The van der Waals surface area contributed by atoms with E-state index in [2.05, 4.69) is 43.5 Å². The van der Waals surface area contributed by atoms with Gasteiger partial charge in [0.25, 0.3) is 0 Å². The number of aromatic nitrogens is 4. The fourth-order valence-electron chi connectivity index (χ4n) is 3.66. The minimum atomic E-state index is 0. The van der Waals surface area contributed by atoms with Crippen molar-refractivity contribution in [3.8, 4) is 0 Å². The molecule has 162 valence electrons. The van der Waals surface area contributed by atoms with E-state index in [1.807, 2.05) is 19.3 Å². The van der Waals surface area contributed by atoms with Gasteiger partial charge in [-0.15, -0.1) is 34.2 Å². The highest BCUT2D eigenvalue weighted by Crippen LogP contribution is 2.16. The minimum Gasteiger partial charge on any atom is -0.357 e. The lowest BCUT2D eigenvalue weighted by Gasteiger charge is -2.22. The van der Waals surface area contributed by atoms with Crippen LogP contribution < -0.4 is 5.32 Å². The molecule has 1 N–H and O–H groups in total. The van der Waals surface area contributed by atoms with E-state index >= 15 is 0 Å². The van der Waals surface area contributed by atoms with Crippen LogP contribution in [-0.4, -0.2) is 50.3 Å². The van der Waals surface area contributed by atoms with E-state index in [0.717, 1.165) is 73.8 Å². The first-order valence-electron chi connectivity index (χ1n) is 10.3. The molecule has 0 radical (unpaired) electrons. The minimum absolute atomic E-state index is 0. The molecule has 0 saturated heterocycles. The van der Waals surface area contributed by atoms with Crippen molar-refractivity contribution in [2.75, 3.05) is 20.1 Å². The maximum atomic E-state index is 6.10. The van der Waals surface area contributed by atoms with Crippen LogP contribution in [0.3, 0.4) is 0 Å². The Morgan fingerprint density at radius 1 is 1.31 bits per heavy atom. The van der Waals surface area contributed by atoms with Crippen molar-refractivity contribution in [3.05, 3.63) is 34.6 Å². The largest absolute Gasteiger partial charge is 0.357 e. The predicted molar refractivity (Wildman–Crippen MR) is 129 cm³/mol. The van der Waals surface area contributed by atoms with Gasteiger partial charge in [-0.25, -0.2) is 0 Å². The van der Waals surface area contributed by atoms with E-state index in [1.54, 1.807) is 0 Å². The molecule has 0 saturated carbocycles. The predicted octanol–water partition coefficient (Wildman–Crippen LogP) is 3.64. The van der Waals surface area contributed by atoms with Gasteiger partial charge in [-0.1, -0.05) is 18.0 Å². The van der Waals surface area contributed by atoms with E-state index in [-0.39, 0.29) is 24.0 Å². The number of halogens is 2. The van der Waals surface area contributed by atoms with Gasteiger partial charge in [-0.3, -0.25) is 4.99 Å². The normalized spacial score (nSPS) is 14.1. The Kier molecular flexibility index (Phi) is 9.74. The number of aryl methyl sites for hydroxylation is 3. The van der Waals surface area contributed by atoms with Gasteiger partial charge in [0.1, 0.15) is 11.6 Å². The van der Waals surface area contributed by atoms with Crippen LogP contribution in [0, 0.1) is 0 Å². The average molecular weight is 534 g/mol. The SMILES string of the molecule is CCNC(=NCCCc1nnc2n1CCCCC2)N(C)Cc1cc(Cl)cn1C.I. The third-order valence-corrected chi connectivity index (χ3v) is 5.38. The Labute approximate surface area is 195 Å². The van der Waals surface area contributed by atoms with Gasteiger partial charge in [0.2, 0.25) is 0 Å². The monoisotopic (exact) mass is 533 g/mol. The molecule has 7 nitrogen and oxygen atoms in total. The van der Waals surface area contributed by atoms with Gasteiger partial charge >= 0.3 is 0 Å². The number of aliphatic imine (C=N–C) groups is 1. The fraction of sp³-hybridized carbons (Fsp3) is 0.650. The maximum Gasteiger partial charge on any atom is 0.194 e. The molecule has 2 aromatic rings. The highest BCUT2D eigenvalue weighted by Gasteiger charge is 2.14. The maximum absolute atomic E-state index is 6.10. The van der Waals surface area contributed by atoms with Crippen molar-refractivity contribution in [1.82, 2.24) is 29.5 Å². The van der Waals surface area contributed by atoms with Crippen molar-refractivity contribution in [3.63, 3.8) is 0 Å². The Morgan fingerprint density at radius 3 is 2.86 bits per heavy atom. The van der Waals surface area contributed by atoms with Crippen LogP contribution in [0.5, 0.6) is 0 Å². The molecule has 0 amide bonds. The van der Waals surface area contributed by atoms with Crippen LogP contribution >= 0.6 is 35.6 Å². The summed E-state index contributed by atoms with van der Waals surface area (Å²) in [4.78, 5) is 6.94. The van der Waals surface area contributed by atoms with E-state index in [1.165, 1.54) is 19.3 Å². The second kappa shape index (κ2) is 11.8. The molecule has 0 aliphatic carbocycles. The van der Waals surface area contributed by atoms with E-state index in [4.69, 9.17) is 16.6 Å². The quantitative estimate of drug-likeness (QED) is 0.255. The van der Waals surface area contributed by atoms with Gasteiger partial charge in [0.15, 0.2) is 5.96 Å². The summed E-state index contributed by atoms with van der Waals surface area (Å²) < 4.78 is 4.38. The van der Waals surface area contributed by atoms with Crippen molar-refractivity contribution in [2.24, 2.45) is 12.0 Å². The lowest BCUT2D eigenvalue weighted by molar-refractivity contribution is 0.461. The number of nitrogens with zero attached hydrogens (tertiary/aromatic N) is 6. The Morgan fingerprint density at radius 2 is 2.14 bits per heavy atom. The zero-order chi connectivity index (χ0) is 19.9. The highest BCUT2D eigenvalue weighted by molar-refractivity contribution is 14.0. The van der Waals surface area contributed by atoms with E-state index < -0.39 is 0 Å². The summed E-state index contributed by atoms with van der Waals surface area (Å²) in [5.41, 5.74) is 1.16. The average Bonchev–Trinajstić information content (AvgIpc) is 3.09. The molecule has 0 unspecified atom stereocenters. The third-order valence-electron chi connectivity index (χ3n) is 5.18. The van der Waals surface area contributed by atoms with Gasteiger partial charge < -0.3 is 19.4 Å². The highest BCUT2D eigenvalue weighted by atomic mass is 127. The van der Waals surface area contributed by atoms with Crippen molar-refractivity contribution in [1.29, 1.82) is 0 Å². The molecule has 0 bridgehead atoms. The van der Waals surface area contributed by atoms with Gasteiger partial charge in [0.05, 0.1) is 11.6 Å². The summed E-state index contributed by atoms with van der Waals surface area (Å²) >= 11 is 6.10. The fourth-order valence-corrected chi connectivity index (χ4v) is 3.94. The molecule has 1 aliphatic rings. The Bertz CT molecular complexity index is 799. The molecular weight excluding hydrogens is 501 g/mol. The zero-order valence-corrected chi connectivity index (χ0v) is 20.8. The van der Waals surface area contributed by atoms with E-state index in [9.17, 15) is 0 Å². The summed E-state index contributed by atoms with van der Waals surface area (Å²) in [6.45, 7) is 5.52.